The van der Waals surface area contributed by atoms with E-state index >= 15 is 0 Å². The Morgan fingerprint density at radius 1 is 2.00 bits per heavy atom. The Morgan fingerprint density at radius 3 is 2.71 bits per heavy atom. The molecule has 0 aromatic rings. The van der Waals surface area contributed by atoms with Crippen LogP contribution in [0.25, 0.3) is 0 Å². The van der Waals surface area contributed by atoms with Crippen LogP contribution < -0.4 is 5.73 Å². The number of rotatable bonds is 2. The van der Waals surface area contributed by atoms with Crippen LogP contribution in [0, 0.1) is 0 Å². The molecular formula is C3H5NO2S. The number of hydrogen-bond acceptors (Lipinski definition) is 3. The van der Waals surface area contributed by atoms with Crippen molar-refractivity contribution < 1.29 is 8.98 Å². The molecule has 40 valence electrons. The highest BCUT2D eigenvalue weighted by Crippen LogP contribution is 1.99. The molecular weight excluding hydrogens is 114 g/mol. The van der Waals surface area contributed by atoms with Crippen LogP contribution in [-0.2, 0) is 4.18 Å². The summed E-state index contributed by atoms with van der Waals surface area (Å²) < 4.78 is 4.13. The largest absolute Gasteiger partial charge is 0.417 e. The highest BCUT2D eigenvalue weighted by molar-refractivity contribution is 7.97. The predicted octanol–water partition coefficient (Wildman–Crippen LogP) is 0.873. The lowest BCUT2D eigenvalue weighted by Crippen LogP contribution is -2.07. The van der Waals surface area contributed by atoms with Gasteiger partial charge in [0.15, 0.2) is 0 Å². The van der Waals surface area contributed by atoms with Crippen LogP contribution in [0.1, 0.15) is 0 Å². The van der Waals surface area contributed by atoms with Crippen molar-refractivity contribution in [2.45, 2.75) is 0 Å². The first kappa shape index (κ1) is 6.36. The SMILES string of the molecule is C=CSOC(N)=O. The normalized spacial score (nSPS) is 7.43. The molecule has 0 spiro atoms. The van der Waals surface area contributed by atoms with Gasteiger partial charge in [-0.05, 0) is 0 Å². The molecule has 7 heavy (non-hydrogen) atoms. The van der Waals surface area contributed by atoms with E-state index in [0.29, 0.717) is 0 Å². The van der Waals surface area contributed by atoms with Crippen LogP contribution in [0.4, 0.5) is 4.79 Å². The number of amides is 1. The van der Waals surface area contributed by atoms with Crippen LogP contribution in [0.5, 0.6) is 0 Å². The second-order valence-electron chi connectivity index (χ2n) is 0.665. The summed E-state index contributed by atoms with van der Waals surface area (Å²) in [5, 5.41) is 1.37. The molecule has 1 amide bonds. The molecule has 0 aliphatic rings. The zero-order chi connectivity index (χ0) is 5.70. The van der Waals surface area contributed by atoms with Gasteiger partial charge in [0.1, 0.15) is 0 Å². The Labute approximate surface area is 45.7 Å². The lowest BCUT2D eigenvalue weighted by atomic mass is 11.3. The van der Waals surface area contributed by atoms with E-state index < -0.39 is 6.09 Å². The number of hydrogen-bond donors (Lipinski definition) is 1. The minimum atomic E-state index is -0.801. The monoisotopic (exact) mass is 119 g/mol. The maximum absolute atomic E-state index is 9.69. The van der Waals surface area contributed by atoms with Gasteiger partial charge in [0, 0.05) is 5.41 Å². The lowest BCUT2D eigenvalue weighted by Gasteiger charge is -1.87. The minimum Gasteiger partial charge on any atom is -0.371 e. The van der Waals surface area contributed by atoms with Gasteiger partial charge in [-0.1, -0.05) is 6.58 Å². The molecule has 0 aliphatic heterocycles. The Hall–Kier alpha value is -0.640. The second kappa shape index (κ2) is 3.55. The molecule has 0 rings (SSSR count). The molecule has 0 atom stereocenters. The fraction of sp³-hybridized carbons (Fsp3) is 0. The molecule has 0 aromatic carbocycles. The van der Waals surface area contributed by atoms with Gasteiger partial charge in [0.2, 0.25) is 0 Å². The van der Waals surface area contributed by atoms with Gasteiger partial charge in [-0.2, -0.15) is 0 Å². The third-order valence-corrected chi connectivity index (χ3v) is 0.595. The summed E-state index contributed by atoms with van der Waals surface area (Å²) in [5.41, 5.74) is 4.55. The van der Waals surface area contributed by atoms with Crippen LogP contribution in [-0.4, -0.2) is 6.09 Å². The third-order valence-electron chi connectivity index (χ3n) is 0.198. The van der Waals surface area contributed by atoms with E-state index in [0.717, 1.165) is 12.0 Å². The average molecular weight is 119 g/mol. The summed E-state index contributed by atoms with van der Waals surface area (Å²) in [6.45, 7) is 3.26. The van der Waals surface area contributed by atoms with Crippen LogP contribution in [0.2, 0.25) is 0 Å². The van der Waals surface area contributed by atoms with Crippen molar-refractivity contribution in [3.05, 3.63) is 12.0 Å². The molecule has 0 aliphatic carbocycles. The van der Waals surface area contributed by atoms with E-state index in [1.54, 1.807) is 0 Å². The number of carbonyl (C=O) groups is 1. The van der Waals surface area contributed by atoms with Gasteiger partial charge in [-0.3, -0.25) is 0 Å². The predicted molar refractivity (Wildman–Crippen MR) is 28.5 cm³/mol. The van der Waals surface area contributed by atoms with Gasteiger partial charge in [0.05, 0.1) is 12.0 Å². The Balaban J connectivity index is 2.97. The molecule has 0 saturated carbocycles. The van der Waals surface area contributed by atoms with E-state index in [2.05, 4.69) is 16.5 Å². The van der Waals surface area contributed by atoms with Crippen molar-refractivity contribution in [1.29, 1.82) is 0 Å². The lowest BCUT2D eigenvalue weighted by molar-refractivity contribution is 0.219. The zero-order valence-corrected chi connectivity index (χ0v) is 4.40. The van der Waals surface area contributed by atoms with E-state index in [4.69, 9.17) is 0 Å². The van der Waals surface area contributed by atoms with Gasteiger partial charge in [-0.25, -0.2) is 4.79 Å². The highest BCUT2D eigenvalue weighted by Gasteiger charge is 1.86. The Kier molecular flexibility index (Phi) is 3.22. The zero-order valence-electron chi connectivity index (χ0n) is 3.59. The summed E-state index contributed by atoms with van der Waals surface area (Å²) in [5.74, 6) is 0. The van der Waals surface area contributed by atoms with E-state index in [9.17, 15) is 4.79 Å². The maximum Gasteiger partial charge on any atom is 0.417 e. The molecule has 0 saturated heterocycles. The van der Waals surface area contributed by atoms with Crippen LogP contribution >= 0.6 is 12.0 Å². The van der Waals surface area contributed by atoms with E-state index in [1.165, 1.54) is 5.41 Å². The standard InChI is InChI=1S/C3H5NO2S/c1-2-7-6-3(4)5/h2H,1H2,(H2,4,5). The number of nitrogens with two attached hydrogens (primary N) is 1. The van der Waals surface area contributed by atoms with Crippen molar-refractivity contribution in [1.82, 2.24) is 0 Å². The van der Waals surface area contributed by atoms with Crippen molar-refractivity contribution >= 4 is 18.1 Å². The smallest absolute Gasteiger partial charge is 0.371 e. The molecule has 0 radical (unpaired) electrons. The van der Waals surface area contributed by atoms with Crippen molar-refractivity contribution in [3.63, 3.8) is 0 Å². The molecule has 2 N–H and O–H groups in total. The quantitative estimate of drug-likeness (QED) is 0.549. The van der Waals surface area contributed by atoms with Gasteiger partial charge < -0.3 is 9.92 Å². The van der Waals surface area contributed by atoms with Crippen LogP contribution in [0.3, 0.4) is 0 Å². The summed E-state index contributed by atoms with van der Waals surface area (Å²) in [6.07, 6.45) is -0.801. The van der Waals surface area contributed by atoms with Gasteiger partial charge in [0.25, 0.3) is 0 Å². The average Bonchev–Trinajstić information content (AvgIpc) is 1.61. The first-order valence-electron chi connectivity index (χ1n) is 1.51. The molecule has 0 aromatic heterocycles. The Morgan fingerprint density at radius 2 is 2.57 bits per heavy atom. The van der Waals surface area contributed by atoms with Gasteiger partial charge in [-0.15, -0.1) is 0 Å². The second-order valence-corrected chi connectivity index (χ2v) is 1.36. The van der Waals surface area contributed by atoms with Crippen molar-refractivity contribution in [2.24, 2.45) is 5.73 Å². The molecule has 3 nitrogen and oxygen atoms in total. The summed E-state index contributed by atoms with van der Waals surface area (Å²) in [7, 11) is 0. The van der Waals surface area contributed by atoms with Crippen LogP contribution in [0.15, 0.2) is 12.0 Å². The molecule has 0 fully saturated rings. The fourth-order valence-electron chi connectivity index (χ4n) is 0.0814. The van der Waals surface area contributed by atoms with Crippen molar-refractivity contribution in [2.75, 3.05) is 0 Å². The highest BCUT2D eigenvalue weighted by atomic mass is 32.2. The summed E-state index contributed by atoms with van der Waals surface area (Å²) in [6, 6.07) is 0. The minimum absolute atomic E-state index is 0.801. The first-order valence-corrected chi connectivity index (χ1v) is 2.31. The number of carbonyl (C=O) groups excluding carboxylic acids is 1. The number of primary amides is 1. The van der Waals surface area contributed by atoms with E-state index in [-0.39, 0.29) is 0 Å². The molecule has 4 heteroatoms. The molecule has 0 unspecified atom stereocenters. The topological polar surface area (TPSA) is 52.3 Å². The van der Waals surface area contributed by atoms with Crippen molar-refractivity contribution in [3.8, 4) is 0 Å². The first-order chi connectivity index (χ1) is 3.27. The molecule has 0 heterocycles. The molecule has 0 bridgehead atoms. The maximum atomic E-state index is 9.69. The van der Waals surface area contributed by atoms with E-state index in [1.807, 2.05) is 0 Å². The summed E-state index contributed by atoms with van der Waals surface area (Å²) >= 11 is 0.806. The third kappa shape index (κ3) is 5.36. The fourth-order valence-corrected chi connectivity index (χ4v) is 0.244. The summed E-state index contributed by atoms with van der Waals surface area (Å²) in [4.78, 5) is 9.69. The van der Waals surface area contributed by atoms with Gasteiger partial charge >= 0.3 is 6.09 Å². The Bertz CT molecular complexity index is 83.0.